The maximum Gasteiger partial charge on any atom is 0.254 e. The lowest BCUT2D eigenvalue weighted by Crippen LogP contribution is -2.31. The molecular weight excluding hydrogens is 250 g/mol. The quantitative estimate of drug-likeness (QED) is 0.839. The lowest BCUT2D eigenvalue weighted by atomic mass is 9.98. The third kappa shape index (κ3) is 3.71. The molecule has 2 atom stereocenters. The van der Waals surface area contributed by atoms with Crippen molar-refractivity contribution in [3.05, 3.63) is 24.0 Å². The molecule has 0 aliphatic heterocycles. The van der Waals surface area contributed by atoms with E-state index in [1.165, 1.54) is 19.3 Å². The first-order chi connectivity index (χ1) is 9.72. The largest absolute Gasteiger partial charge is 0.384 e. The standard InChI is InChI=1S/C16H25N3O/c1-3-8-18-15-7-9-17-11-14(15)16(20)19-10-13-6-4-5-12(13)2/h7,9,11-13H,3-6,8,10H2,1-2H3,(H,17,18)(H,19,20). The van der Waals surface area contributed by atoms with E-state index in [1.807, 2.05) is 6.07 Å². The van der Waals surface area contributed by atoms with E-state index in [0.717, 1.165) is 31.1 Å². The zero-order valence-electron chi connectivity index (χ0n) is 12.5. The molecule has 20 heavy (non-hydrogen) atoms. The summed E-state index contributed by atoms with van der Waals surface area (Å²) < 4.78 is 0. The van der Waals surface area contributed by atoms with Crippen LogP contribution >= 0.6 is 0 Å². The van der Waals surface area contributed by atoms with Gasteiger partial charge in [-0.15, -0.1) is 0 Å². The van der Waals surface area contributed by atoms with Crippen molar-refractivity contribution in [2.24, 2.45) is 11.8 Å². The van der Waals surface area contributed by atoms with Gasteiger partial charge in [0.25, 0.3) is 5.91 Å². The molecule has 1 heterocycles. The van der Waals surface area contributed by atoms with Crippen molar-refractivity contribution in [1.29, 1.82) is 0 Å². The van der Waals surface area contributed by atoms with Gasteiger partial charge in [0.15, 0.2) is 0 Å². The van der Waals surface area contributed by atoms with Gasteiger partial charge in [-0.3, -0.25) is 9.78 Å². The Kier molecular flexibility index (Phi) is 5.39. The summed E-state index contributed by atoms with van der Waals surface area (Å²) in [6.07, 6.45) is 8.20. The molecule has 4 heteroatoms. The summed E-state index contributed by atoms with van der Waals surface area (Å²) in [5, 5.41) is 6.35. The SMILES string of the molecule is CCCNc1ccncc1C(=O)NCC1CCCC1C. The second-order valence-electron chi connectivity index (χ2n) is 5.73. The van der Waals surface area contributed by atoms with Crippen molar-refractivity contribution in [3.8, 4) is 0 Å². The minimum atomic E-state index is -0.0178. The molecule has 1 amide bonds. The molecule has 110 valence electrons. The Morgan fingerprint density at radius 3 is 3.00 bits per heavy atom. The van der Waals surface area contributed by atoms with E-state index in [-0.39, 0.29) is 5.91 Å². The van der Waals surface area contributed by atoms with Crippen LogP contribution in [0.2, 0.25) is 0 Å². The van der Waals surface area contributed by atoms with Crippen LogP contribution in [0.3, 0.4) is 0 Å². The lowest BCUT2D eigenvalue weighted by molar-refractivity contribution is 0.0945. The van der Waals surface area contributed by atoms with Gasteiger partial charge in [-0.05, 0) is 30.7 Å². The van der Waals surface area contributed by atoms with E-state index in [2.05, 4.69) is 29.5 Å². The van der Waals surface area contributed by atoms with Crippen molar-refractivity contribution >= 4 is 11.6 Å². The molecule has 1 aromatic heterocycles. The maximum absolute atomic E-state index is 12.3. The normalized spacial score (nSPS) is 21.7. The highest BCUT2D eigenvalue weighted by atomic mass is 16.1. The Labute approximate surface area is 121 Å². The van der Waals surface area contributed by atoms with Gasteiger partial charge in [0, 0.05) is 25.5 Å². The predicted molar refractivity (Wildman–Crippen MR) is 81.9 cm³/mol. The molecule has 2 N–H and O–H groups in total. The minimum absolute atomic E-state index is 0.0178. The van der Waals surface area contributed by atoms with Gasteiger partial charge < -0.3 is 10.6 Å². The highest BCUT2D eigenvalue weighted by molar-refractivity contribution is 5.99. The van der Waals surface area contributed by atoms with E-state index in [9.17, 15) is 4.79 Å². The average molecular weight is 275 g/mol. The monoisotopic (exact) mass is 275 g/mol. The Hall–Kier alpha value is -1.58. The fourth-order valence-electron chi connectivity index (χ4n) is 2.83. The number of amides is 1. The van der Waals surface area contributed by atoms with Crippen molar-refractivity contribution in [1.82, 2.24) is 10.3 Å². The fraction of sp³-hybridized carbons (Fsp3) is 0.625. The number of hydrogen-bond donors (Lipinski definition) is 2. The third-order valence-corrected chi connectivity index (χ3v) is 4.20. The smallest absolute Gasteiger partial charge is 0.254 e. The molecule has 2 rings (SSSR count). The molecule has 1 aromatic rings. The van der Waals surface area contributed by atoms with Crippen LogP contribution in [0.4, 0.5) is 5.69 Å². The maximum atomic E-state index is 12.3. The first kappa shape index (κ1) is 14.8. The molecule has 0 spiro atoms. The summed E-state index contributed by atoms with van der Waals surface area (Å²) in [6, 6.07) is 1.86. The molecule has 1 saturated carbocycles. The van der Waals surface area contributed by atoms with Crippen LogP contribution in [-0.2, 0) is 0 Å². The van der Waals surface area contributed by atoms with Crippen LogP contribution in [0.15, 0.2) is 18.5 Å². The number of rotatable bonds is 6. The molecule has 4 nitrogen and oxygen atoms in total. The first-order valence-corrected chi connectivity index (χ1v) is 7.68. The van der Waals surface area contributed by atoms with E-state index >= 15 is 0 Å². The number of aromatic nitrogens is 1. The molecule has 0 radical (unpaired) electrons. The van der Waals surface area contributed by atoms with Crippen LogP contribution in [0.5, 0.6) is 0 Å². The summed E-state index contributed by atoms with van der Waals surface area (Å²) in [5.74, 6) is 1.33. The zero-order chi connectivity index (χ0) is 14.4. The van der Waals surface area contributed by atoms with E-state index in [0.29, 0.717) is 11.5 Å². The Morgan fingerprint density at radius 2 is 2.30 bits per heavy atom. The molecule has 0 bridgehead atoms. The van der Waals surface area contributed by atoms with Crippen LogP contribution in [0.25, 0.3) is 0 Å². The van der Waals surface area contributed by atoms with Gasteiger partial charge >= 0.3 is 0 Å². The zero-order valence-corrected chi connectivity index (χ0v) is 12.5. The fourth-order valence-corrected chi connectivity index (χ4v) is 2.83. The van der Waals surface area contributed by atoms with E-state index < -0.39 is 0 Å². The number of nitrogens with zero attached hydrogens (tertiary/aromatic N) is 1. The van der Waals surface area contributed by atoms with Gasteiger partial charge in [0.2, 0.25) is 0 Å². The van der Waals surface area contributed by atoms with Crippen LogP contribution in [0, 0.1) is 11.8 Å². The Morgan fingerprint density at radius 1 is 1.45 bits per heavy atom. The second kappa shape index (κ2) is 7.27. The van der Waals surface area contributed by atoms with Crippen molar-refractivity contribution in [2.75, 3.05) is 18.4 Å². The summed E-state index contributed by atoms with van der Waals surface area (Å²) in [7, 11) is 0. The summed E-state index contributed by atoms with van der Waals surface area (Å²) in [5.41, 5.74) is 1.52. The summed E-state index contributed by atoms with van der Waals surface area (Å²) in [6.45, 7) is 6.03. The van der Waals surface area contributed by atoms with Crippen molar-refractivity contribution < 1.29 is 4.79 Å². The Bertz CT molecular complexity index is 447. The van der Waals surface area contributed by atoms with E-state index in [1.54, 1.807) is 12.4 Å². The molecule has 1 aliphatic rings. The van der Waals surface area contributed by atoms with Gasteiger partial charge in [-0.2, -0.15) is 0 Å². The number of pyridine rings is 1. The number of nitrogens with one attached hydrogen (secondary N) is 2. The molecule has 1 fully saturated rings. The number of carbonyl (C=O) groups is 1. The first-order valence-electron chi connectivity index (χ1n) is 7.68. The van der Waals surface area contributed by atoms with Crippen LogP contribution in [-0.4, -0.2) is 24.0 Å². The molecule has 2 unspecified atom stereocenters. The predicted octanol–water partition coefficient (Wildman–Crippen LogP) is 3.07. The second-order valence-corrected chi connectivity index (χ2v) is 5.73. The molecule has 0 saturated heterocycles. The average Bonchev–Trinajstić information content (AvgIpc) is 2.88. The van der Waals surface area contributed by atoms with Gasteiger partial charge in [-0.25, -0.2) is 0 Å². The van der Waals surface area contributed by atoms with Crippen LogP contribution in [0.1, 0.15) is 49.9 Å². The topological polar surface area (TPSA) is 54.0 Å². The summed E-state index contributed by atoms with van der Waals surface area (Å²) >= 11 is 0. The molecule has 0 aromatic carbocycles. The van der Waals surface area contributed by atoms with Gasteiger partial charge in [0.05, 0.1) is 11.3 Å². The van der Waals surface area contributed by atoms with Gasteiger partial charge in [-0.1, -0.05) is 26.7 Å². The molecule has 1 aliphatic carbocycles. The summed E-state index contributed by atoms with van der Waals surface area (Å²) in [4.78, 5) is 16.4. The number of hydrogen-bond acceptors (Lipinski definition) is 3. The van der Waals surface area contributed by atoms with Crippen molar-refractivity contribution in [3.63, 3.8) is 0 Å². The van der Waals surface area contributed by atoms with Crippen molar-refractivity contribution in [2.45, 2.75) is 39.5 Å². The molecular formula is C16H25N3O. The number of carbonyl (C=O) groups excluding carboxylic acids is 1. The highest BCUT2D eigenvalue weighted by Gasteiger charge is 2.24. The Balaban J connectivity index is 1.94. The third-order valence-electron chi connectivity index (χ3n) is 4.20. The lowest BCUT2D eigenvalue weighted by Gasteiger charge is -2.17. The van der Waals surface area contributed by atoms with Gasteiger partial charge in [0.1, 0.15) is 0 Å². The minimum Gasteiger partial charge on any atom is -0.384 e. The van der Waals surface area contributed by atoms with Crippen LogP contribution < -0.4 is 10.6 Å². The number of anilines is 1. The van der Waals surface area contributed by atoms with E-state index in [4.69, 9.17) is 0 Å². The highest BCUT2D eigenvalue weighted by Crippen LogP contribution is 2.30.